The van der Waals surface area contributed by atoms with Crippen molar-refractivity contribution in [3.63, 3.8) is 0 Å². The molecule has 1 radical (unpaired) electrons. The Balaban J connectivity index is -0.0000000800. The van der Waals surface area contributed by atoms with Crippen LogP contribution in [0.25, 0.3) is 0 Å². The van der Waals surface area contributed by atoms with Crippen molar-refractivity contribution in [3.05, 3.63) is 0 Å². The standard InChI is InChI=1S/FH.Hf.H2O4S/c;;1-5(2,3)4/h1H;;(H2,1,2,3,4)/q;+3;/p-3. The van der Waals surface area contributed by atoms with Crippen LogP contribution in [0.5, 0.6) is 0 Å². The van der Waals surface area contributed by atoms with Crippen molar-refractivity contribution in [3.8, 4) is 0 Å². The van der Waals surface area contributed by atoms with Gasteiger partial charge in [-0.15, -0.1) is 0 Å². The minimum absolute atomic E-state index is 0. The van der Waals surface area contributed by atoms with Crippen molar-refractivity contribution >= 4 is 10.4 Å². The summed E-state index contributed by atoms with van der Waals surface area (Å²) in [5.74, 6) is 0. The number of hydrogen-bond donors (Lipinski definition) is 0. The van der Waals surface area contributed by atoms with Crippen LogP contribution in [0.15, 0.2) is 0 Å². The van der Waals surface area contributed by atoms with Crippen LogP contribution >= 0.6 is 0 Å². The number of rotatable bonds is 0. The van der Waals surface area contributed by atoms with Gasteiger partial charge in [-0.2, -0.15) is 0 Å². The van der Waals surface area contributed by atoms with Gasteiger partial charge < -0.3 is 13.8 Å². The molecule has 0 unspecified atom stereocenters. The first-order valence-corrected chi connectivity index (χ1v) is 2.00. The summed E-state index contributed by atoms with van der Waals surface area (Å²) in [7, 11) is -5.17. The molecule has 4 nitrogen and oxygen atoms in total. The topological polar surface area (TPSA) is 80.3 Å². The van der Waals surface area contributed by atoms with E-state index in [9.17, 15) is 0 Å². The van der Waals surface area contributed by atoms with Crippen LogP contribution in [0.3, 0.4) is 0 Å². The van der Waals surface area contributed by atoms with Crippen LogP contribution in [0.1, 0.15) is 0 Å². The van der Waals surface area contributed by atoms with Crippen LogP contribution in [0.4, 0.5) is 0 Å². The quantitative estimate of drug-likeness (QED) is 0.257. The fraction of sp³-hybridized carbons (Fsp3) is 0. The average molecular weight is 294 g/mol. The van der Waals surface area contributed by atoms with Gasteiger partial charge in [0.15, 0.2) is 0 Å². The van der Waals surface area contributed by atoms with E-state index in [4.69, 9.17) is 17.5 Å². The summed E-state index contributed by atoms with van der Waals surface area (Å²) in [6.45, 7) is 0. The largest absolute Gasteiger partial charge is 3.00 e. The summed E-state index contributed by atoms with van der Waals surface area (Å²) in [5, 5.41) is 0. The molecule has 0 heterocycles. The monoisotopic (exact) mass is 295 g/mol. The van der Waals surface area contributed by atoms with Gasteiger partial charge in [0, 0.05) is 10.4 Å². The van der Waals surface area contributed by atoms with E-state index in [0.717, 1.165) is 0 Å². The molecule has 0 amide bonds. The van der Waals surface area contributed by atoms with E-state index >= 15 is 0 Å². The van der Waals surface area contributed by atoms with E-state index in [-0.39, 0.29) is 30.5 Å². The minimum Gasteiger partial charge on any atom is -1.00 e. The zero-order valence-corrected chi connectivity index (χ0v) is 7.33. The van der Waals surface area contributed by atoms with Crippen molar-refractivity contribution in [2.24, 2.45) is 0 Å². The van der Waals surface area contributed by atoms with Crippen molar-refractivity contribution in [1.82, 2.24) is 0 Å². The molecular weight excluding hydrogens is 294 g/mol. The van der Waals surface area contributed by atoms with Crippen molar-refractivity contribution in [2.75, 3.05) is 0 Å². The van der Waals surface area contributed by atoms with Gasteiger partial charge in [-0.05, 0) is 0 Å². The predicted octanol–water partition coefficient (Wildman–Crippen LogP) is -4.34. The molecule has 0 aliphatic rings. The van der Waals surface area contributed by atoms with Crippen LogP contribution in [0, 0.1) is 0 Å². The molecular formula is FHfO4S. The van der Waals surface area contributed by atoms with Gasteiger partial charge in [0.2, 0.25) is 0 Å². The molecule has 0 rings (SSSR count). The maximum Gasteiger partial charge on any atom is 3.00 e. The SMILES string of the molecule is O=S(=O)([O-])[O-].[F-].[Hf+3]. The normalized spacial score (nSPS) is 8.29. The Kier molecular flexibility index (Phi) is 10.8. The van der Waals surface area contributed by atoms with Crippen LogP contribution < -0.4 is 4.70 Å². The van der Waals surface area contributed by atoms with Gasteiger partial charge in [0.25, 0.3) is 0 Å². The van der Waals surface area contributed by atoms with Gasteiger partial charge in [-0.25, -0.2) is 0 Å². The third-order valence-electron chi connectivity index (χ3n) is 0. The summed E-state index contributed by atoms with van der Waals surface area (Å²) >= 11 is 0. The molecule has 0 N–H and O–H groups in total. The molecule has 0 aromatic heterocycles. The van der Waals surface area contributed by atoms with E-state index in [1.165, 1.54) is 0 Å². The van der Waals surface area contributed by atoms with E-state index in [0.29, 0.717) is 0 Å². The van der Waals surface area contributed by atoms with Crippen LogP contribution in [0.2, 0.25) is 0 Å². The average Bonchev–Trinajstić information content (AvgIpc) is 0.722. The second kappa shape index (κ2) is 4.82. The fourth-order valence-corrected chi connectivity index (χ4v) is 0. The van der Waals surface area contributed by atoms with Gasteiger partial charge in [0.1, 0.15) is 0 Å². The molecule has 41 valence electrons. The van der Waals surface area contributed by atoms with Gasteiger partial charge in [0.05, 0.1) is 0 Å². The van der Waals surface area contributed by atoms with Crippen molar-refractivity contribution in [1.29, 1.82) is 0 Å². The first-order chi connectivity index (χ1) is 2.00. The van der Waals surface area contributed by atoms with Crippen molar-refractivity contribution in [2.45, 2.75) is 0 Å². The fourth-order valence-electron chi connectivity index (χ4n) is 0. The molecule has 0 saturated heterocycles. The van der Waals surface area contributed by atoms with Crippen molar-refractivity contribution < 1.29 is 48.1 Å². The van der Waals surface area contributed by atoms with Crippen LogP contribution in [-0.4, -0.2) is 17.5 Å². The molecule has 0 fully saturated rings. The Labute approximate surface area is 58.6 Å². The Bertz CT molecular complexity index is 94.9. The minimum atomic E-state index is -5.17. The van der Waals surface area contributed by atoms with Gasteiger partial charge in [-0.3, -0.25) is 8.42 Å². The van der Waals surface area contributed by atoms with Gasteiger partial charge >= 0.3 is 25.8 Å². The zero-order valence-electron chi connectivity index (χ0n) is 2.92. The molecule has 7 heavy (non-hydrogen) atoms. The Morgan fingerprint density at radius 2 is 1.14 bits per heavy atom. The molecule has 0 aromatic carbocycles. The van der Waals surface area contributed by atoms with Gasteiger partial charge in [-0.1, -0.05) is 0 Å². The third-order valence-corrected chi connectivity index (χ3v) is 0. The third kappa shape index (κ3) is 324. The summed E-state index contributed by atoms with van der Waals surface area (Å²) in [6, 6.07) is 0. The summed E-state index contributed by atoms with van der Waals surface area (Å²) in [5.41, 5.74) is 0. The summed E-state index contributed by atoms with van der Waals surface area (Å²) in [6.07, 6.45) is 0. The maximum absolute atomic E-state index is 8.52. The van der Waals surface area contributed by atoms with E-state index in [2.05, 4.69) is 0 Å². The zero-order chi connectivity index (χ0) is 4.50. The number of hydrogen-bond acceptors (Lipinski definition) is 4. The first kappa shape index (κ1) is 15.6. The van der Waals surface area contributed by atoms with E-state index in [1.807, 2.05) is 0 Å². The summed E-state index contributed by atoms with van der Waals surface area (Å²) < 4.78 is 34.1. The smallest absolute Gasteiger partial charge is 1.00 e. The first-order valence-electron chi connectivity index (χ1n) is 0.667. The molecule has 0 saturated carbocycles. The van der Waals surface area contributed by atoms with Crippen LogP contribution in [-0.2, 0) is 36.2 Å². The van der Waals surface area contributed by atoms with E-state index < -0.39 is 10.4 Å². The second-order valence-electron chi connectivity index (χ2n) is 0.408. The predicted molar refractivity (Wildman–Crippen MR) is 10.5 cm³/mol. The molecule has 7 heteroatoms. The molecule has 0 aromatic rings. The Morgan fingerprint density at radius 1 is 1.14 bits per heavy atom. The second-order valence-corrected chi connectivity index (χ2v) is 1.22. The Hall–Kier alpha value is 0.670. The number of halogens is 1. The maximum atomic E-state index is 8.52. The summed E-state index contributed by atoms with van der Waals surface area (Å²) in [4.78, 5) is 0. The van der Waals surface area contributed by atoms with E-state index in [1.54, 1.807) is 0 Å². The molecule has 0 spiro atoms. The molecule has 0 atom stereocenters. The molecule has 0 aliphatic carbocycles. The molecule has 0 bridgehead atoms. The Morgan fingerprint density at radius 3 is 1.14 bits per heavy atom. The molecule has 0 aliphatic heterocycles.